The van der Waals surface area contributed by atoms with Crippen molar-refractivity contribution in [1.82, 2.24) is 10.2 Å². The van der Waals surface area contributed by atoms with Crippen LogP contribution in [0.5, 0.6) is 0 Å². The Hall–Kier alpha value is -2.86. The van der Waals surface area contributed by atoms with E-state index in [1.165, 1.54) is 6.26 Å². The molecule has 0 saturated carbocycles. The normalized spacial score (nSPS) is 16.9. The molecule has 0 aromatic heterocycles. The van der Waals surface area contributed by atoms with E-state index in [1.54, 1.807) is 13.0 Å². The number of ether oxygens (including phenoxy) is 1. The summed E-state index contributed by atoms with van der Waals surface area (Å²) in [6.07, 6.45) is 1.93. The van der Waals surface area contributed by atoms with Gasteiger partial charge in [0.2, 0.25) is 12.1 Å². The molecule has 1 heterocycles. The van der Waals surface area contributed by atoms with E-state index in [0.29, 0.717) is 5.57 Å². The van der Waals surface area contributed by atoms with Gasteiger partial charge < -0.3 is 20.3 Å². The number of carboxylic acid groups (broad SMARTS) is 2. The van der Waals surface area contributed by atoms with Gasteiger partial charge in [-0.05, 0) is 18.6 Å². The van der Waals surface area contributed by atoms with Gasteiger partial charge in [-0.15, -0.1) is 0 Å². The number of amides is 1. The molecular formula is C13H15N3O6. The summed E-state index contributed by atoms with van der Waals surface area (Å²) in [6.45, 7) is 0.0497. The van der Waals surface area contributed by atoms with Crippen molar-refractivity contribution < 1.29 is 29.3 Å². The number of nitriles is 1. The van der Waals surface area contributed by atoms with E-state index in [4.69, 9.17) is 20.2 Å². The highest BCUT2D eigenvalue weighted by molar-refractivity contribution is 5.81. The van der Waals surface area contributed by atoms with Crippen LogP contribution in [-0.2, 0) is 19.1 Å². The number of nitrogens with one attached hydrogen (secondary N) is 1. The minimum Gasteiger partial charge on any atom is -0.480 e. The molecule has 9 nitrogen and oxygen atoms in total. The first kappa shape index (κ1) is 17.2. The lowest BCUT2D eigenvalue weighted by Crippen LogP contribution is -2.46. The average molecular weight is 309 g/mol. The van der Waals surface area contributed by atoms with Crippen molar-refractivity contribution in [2.24, 2.45) is 0 Å². The molecule has 0 spiro atoms. The molecule has 0 aliphatic carbocycles. The third kappa shape index (κ3) is 5.26. The second kappa shape index (κ2) is 7.80. The molecule has 22 heavy (non-hydrogen) atoms. The Morgan fingerprint density at radius 3 is 2.41 bits per heavy atom. The minimum absolute atomic E-state index is 0.221. The number of carboxylic acids is 2. The third-order valence-corrected chi connectivity index (χ3v) is 2.72. The van der Waals surface area contributed by atoms with Crippen molar-refractivity contribution in [2.45, 2.75) is 13.2 Å². The number of allylic oxidation sites excluding steroid dienone is 2. The highest BCUT2D eigenvalue weighted by atomic mass is 16.5. The number of hydrogen-bond acceptors (Lipinski definition) is 6. The summed E-state index contributed by atoms with van der Waals surface area (Å²) in [5.41, 5.74) is 0.853. The first-order chi connectivity index (χ1) is 10.3. The second-order valence-corrected chi connectivity index (χ2v) is 4.53. The fraction of sp³-hybridized carbons (Fsp3) is 0.385. The molecule has 0 saturated heterocycles. The van der Waals surface area contributed by atoms with Gasteiger partial charge >= 0.3 is 11.9 Å². The molecule has 0 aromatic rings. The second-order valence-electron chi connectivity index (χ2n) is 4.53. The topological polar surface area (TPSA) is 140 Å². The first-order valence-corrected chi connectivity index (χ1v) is 6.21. The highest BCUT2D eigenvalue weighted by Gasteiger charge is 2.24. The zero-order chi connectivity index (χ0) is 16.7. The van der Waals surface area contributed by atoms with Gasteiger partial charge in [-0.1, -0.05) is 0 Å². The van der Waals surface area contributed by atoms with E-state index in [-0.39, 0.29) is 5.57 Å². The molecule has 0 radical (unpaired) electrons. The van der Waals surface area contributed by atoms with E-state index in [9.17, 15) is 14.4 Å². The van der Waals surface area contributed by atoms with Crippen molar-refractivity contribution in [3.8, 4) is 6.07 Å². The molecule has 1 atom stereocenters. The van der Waals surface area contributed by atoms with E-state index < -0.39 is 43.7 Å². The smallest absolute Gasteiger partial charge is 0.317 e. The van der Waals surface area contributed by atoms with Crippen LogP contribution in [-0.4, -0.2) is 58.8 Å². The fourth-order valence-corrected chi connectivity index (χ4v) is 1.78. The van der Waals surface area contributed by atoms with Crippen molar-refractivity contribution in [3.05, 3.63) is 23.5 Å². The number of rotatable bonds is 7. The Bertz CT molecular complexity index is 559. The standard InChI is InChI=1S/C13H15N3O6/c1-8-2-3-22-13(9(8)4-14)15-10(17)5-16(6-11(18)19)7-12(20)21/h2-3,13H,5-7H2,1H3,(H,15,17)(H,18,19)(H,20,21). The van der Waals surface area contributed by atoms with E-state index >= 15 is 0 Å². The molecule has 0 bridgehead atoms. The van der Waals surface area contributed by atoms with Crippen LogP contribution in [0, 0.1) is 11.3 Å². The minimum atomic E-state index is -1.25. The summed E-state index contributed by atoms with van der Waals surface area (Å²) in [5.74, 6) is -3.15. The lowest BCUT2D eigenvalue weighted by Gasteiger charge is -2.23. The van der Waals surface area contributed by atoms with Crippen LogP contribution in [0.4, 0.5) is 0 Å². The van der Waals surface area contributed by atoms with Gasteiger partial charge in [-0.2, -0.15) is 5.26 Å². The first-order valence-electron chi connectivity index (χ1n) is 6.21. The molecule has 0 aromatic carbocycles. The monoisotopic (exact) mass is 309 g/mol. The van der Waals surface area contributed by atoms with Gasteiger partial charge in [0.25, 0.3) is 0 Å². The summed E-state index contributed by atoms with van der Waals surface area (Å²) in [6, 6.07) is 1.91. The lowest BCUT2D eigenvalue weighted by molar-refractivity contribution is -0.142. The Morgan fingerprint density at radius 2 is 1.91 bits per heavy atom. The largest absolute Gasteiger partial charge is 0.480 e. The van der Waals surface area contributed by atoms with E-state index in [0.717, 1.165) is 4.90 Å². The van der Waals surface area contributed by atoms with Gasteiger partial charge in [0.05, 0.1) is 31.5 Å². The van der Waals surface area contributed by atoms with Crippen molar-refractivity contribution in [2.75, 3.05) is 19.6 Å². The van der Waals surface area contributed by atoms with Crippen LogP contribution in [0.3, 0.4) is 0 Å². The van der Waals surface area contributed by atoms with Crippen LogP contribution >= 0.6 is 0 Å². The Labute approximate surface area is 126 Å². The van der Waals surface area contributed by atoms with Gasteiger partial charge in [0, 0.05) is 0 Å². The zero-order valence-corrected chi connectivity index (χ0v) is 11.8. The van der Waals surface area contributed by atoms with Gasteiger partial charge in [-0.3, -0.25) is 19.3 Å². The predicted molar refractivity (Wildman–Crippen MR) is 72.2 cm³/mol. The number of hydrogen-bond donors (Lipinski definition) is 3. The summed E-state index contributed by atoms with van der Waals surface area (Å²) >= 11 is 0. The molecular weight excluding hydrogens is 294 g/mol. The maximum Gasteiger partial charge on any atom is 0.317 e. The number of carbonyl (C=O) groups excluding carboxylic acids is 1. The van der Waals surface area contributed by atoms with Crippen LogP contribution in [0.2, 0.25) is 0 Å². The third-order valence-electron chi connectivity index (χ3n) is 2.72. The molecule has 1 rings (SSSR count). The van der Waals surface area contributed by atoms with Crippen molar-refractivity contribution in [1.29, 1.82) is 5.26 Å². The van der Waals surface area contributed by atoms with Crippen LogP contribution in [0.15, 0.2) is 23.5 Å². The van der Waals surface area contributed by atoms with Crippen LogP contribution in [0.25, 0.3) is 0 Å². The van der Waals surface area contributed by atoms with Crippen molar-refractivity contribution >= 4 is 17.8 Å². The fourth-order valence-electron chi connectivity index (χ4n) is 1.78. The summed E-state index contributed by atoms with van der Waals surface area (Å²) in [5, 5.41) is 28.8. The Morgan fingerprint density at radius 1 is 1.32 bits per heavy atom. The Kier molecular flexibility index (Phi) is 6.09. The molecule has 9 heteroatoms. The molecule has 1 aliphatic heterocycles. The van der Waals surface area contributed by atoms with Gasteiger partial charge in [0.15, 0.2) is 0 Å². The summed E-state index contributed by atoms with van der Waals surface area (Å²) in [4.78, 5) is 34.1. The molecule has 1 aliphatic rings. The summed E-state index contributed by atoms with van der Waals surface area (Å²) in [7, 11) is 0. The van der Waals surface area contributed by atoms with Crippen LogP contribution < -0.4 is 5.32 Å². The SMILES string of the molecule is CC1=C(C#N)C(NC(=O)CN(CC(=O)O)CC(=O)O)OC=C1. The quantitative estimate of drug-likeness (QED) is 0.560. The van der Waals surface area contributed by atoms with Crippen molar-refractivity contribution in [3.63, 3.8) is 0 Å². The van der Waals surface area contributed by atoms with Gasteiger partial charge in [0.1, 0.15) is 6.07 Å². The van der Waals surface area contributed by atoms with E-state index in [1.807, 2.05) is 6.07 Å². The zero-order valence-electron chi connectivity index (χ0n) is 11.8. The molecule has 3 N–H and O–H groups in total. The predicted octanol–water partition coefficient (Wildman–Crippen LogP) is -0.716. The van der Waals surface area contributed by atoms with Gasteiger partial charge in [-0.25, -0.2) is 0 Å². The molecule has 1 amide bonds. The Balaban J connectivity index is 2.67. The lowest BCUT2D eigenvalue weighted by atomic mass is 10.1. The number of carbonyl (C=O) groups is 3. The molecule has 1 unspecified atom stereocenters. The average Bonchev–Trinajstić information content (AvgIpc) is 2.37. The maximum absolute atomic E-state index is 11.9. The van der Waals surface area contributed by atoms with Crippen LogP contribution in [0.1, 0.15) is 6.92 Å². The van der Waals surface area contributed by atoms with E-state index in [2.05, 4.69) is 5.32 Å². The highest BCUT2D eigenvalue weighted by Crippen LogP contribution is 2.16. The summed E-state index contributed by atoms with van der Waals surface area (Å²) < 4.78 is 5.12. The maximum atomic E-state index is 11.9. The number of aliphatic carboxylic acids is 2. The molecule has 0 fully saturated rings. The number of nitrogens with zero attached hydrogens (tertiary/aromatic N) is 2. The molecule has 118 valence electrons.